The Morgan fingerprint density at radius 3 is 2.18 bits per heavy atom. The van der Waals surface area contributed by atoms with Crippen LogP contribution in [0.4, 0.5) is 4.39 Å². The van der Waals surface area contributed by atoms with Crippen molar-refractivity contribution in [2.75, 3.05) is 20.8 Å². The number of halogens is 1. The zero-order chi connectivity index (χ0) is 27.6. The lowest BCUT2D eigenvalue weighted by Gasteiger charge is -2.32. The van der Waals surface area contributed by atoms with Crippen molar-refractivity contribution in [3.63, 3.8) is 0 Å². The van der Waals surface area contributed by atoms with E-state index in [2.05, 4.69) is 5.32 Å². The number of hydrogen-bond acceptors (Lipinski definition) is 5. The highest BCUT2D eigenvalue weighted by Crippen LogP contribution is 2.28. The van der Waals surface area contributed by atoms with Gasteiger partial charge in [0.05, 0.1) is 14.2 Å². The van der Waals surface area contributed by atoms with Crippen LogP contribution < -0.4 is 19.5 Å². The van der Waals surface area contributed by atoms with Gasteiger partial charge in [0.15, 0.2) is 6.61 Å². The number of nitrogens with zero attached hydrogens (tertiary/aromatic N) is 1. The Hall–Kier alpha value is -4.07. The van der Waals surface area contributed by atoms with Gasteiger partial charge < -0.3 is 24.4 Å². The van der Waals surface area contributed by atoms with Crippen molar-refractivity contribution >= 4 is 11.8 Å². The van der Waals surface area contributed by atoms with E-state index >= 15 is 0 Å². The Kier molecular flexibility index (Phi) is 9.78. The molecule has 0 spiro atoms. The summed E-state index contributed by atoms with van der Waals surface area (Å²) >= 11 is 0. The van der Waals surface area contributed by atoms with Crippen LogP contribution in [-0.2, 0) is 22.6 Å². The Morgan fingerprint density at radius 1 is 0.923 bits per heavy atom. The minimum Gasteiger partial charge on any atom is -0.496 e. The minimum absolute atomic E-state index is 0.0710. The SMILES string of the molecule is COc1cc(OC)cc(OCC(=O)N(Cc2ccccc2F)C(Cc2ccccc2)C(=O)NC2CCCC2)c1. The molecular weight excluding hydrogens is 499 g/mol. The van der Waals surface area contributed by atoms with Crippen LogP contribution in [0.1, 0.15) is 36.8 Å². The highest BCUT2D eigenvalue weighted by atomic mass is 19.1. The van der Waals surface area contributed by atoms with E-state index in [0.29, 0.717) is 22.8 Å². The van der Waals surface area contributed by atoms with Crippen LogP contribution in [0.3, 0.4) is 0 Å². The maximum atomic E-state index is 14.8. The normalized spacial score (nSPS) is 13.9. The summed E-state index contributed by atoms with van der Waals surface area (Å²) in [5.41, 5.74) is 1.22. The van der Waals surface area contributed by atoms with Crippen LogP contribution in [0.15, 0.2) is 72.8 Å². The number of hydrogen-bond donors (Lipinski definition) is 1. The van der Waals surface area contributed by atoms with Crippen LogP contribution in [-0.4, -0.2) is 49.6 Å². The number of carbonyl (C=O) groups excluding carboxylic acids is 2. The molecule has 0 radical (unpaired) electrons. The number of rotatable bonds is 12. The van der Waals surface area contributed by atoms with Crippen molar-refractivity contribution in [1.29, 1.82) is 0 Å². The van der Waals surface area contributed by atoms with E-state index in [4.69, 9.17) is 14.2 Å². The van der Waals surface area contributed by atoms with Crippen molar-refractivity contribution < 1.29 is 28.2 Å². The van der Waals surface area contributed by atoms with Gasteiger partial charge in [-0.05, 0) is 24.5 Å². The van der Waals surface area contributed by atoms with Gasteiger partial charge in [0.25, 0.3) is 5.91 Å². The number of ether oxygens (including phenoxy) is 3. The average molecular weight is 535 g/mol. The molecule has 1 N–H and O–H groups in total. The number of amides is 2. The van der Waals surface area contributed by atoms with Crippen molar-refractivity contribution in [3.05, 3.63) is 89.7 Å². The molecule has 3 aromatic carbocycles. The maximum Gasteiger partial charge on any atom is 0.261 e. The molecule has 7 nitrogen and oxygen atoms in total. The smallest absolute Gasteiger partial charge is 0.261 e. The second kappa shape index (κ2) is 13.6. The van der Waals surface area contributed by atoms with Crippen LogP contribution in [0, 0.1) is 5.82 Å². The van der Waals surface area contributed by atoms with Crippen LogP contribution in [0.2, 0.25) is 0 Å². The first-order valence-corrected chi connectivity index (χ1v) is 13.2. The quantitative estimate of drug-likeness (QED) is 0.357. The second-order valence-electron chi connectivity index (χ2n) is 9.65. The molecule has 2 amide bonds. The molecule has 1 saturated carbocycles. The van der Waals surface area contributed by atoms with E-state index in [9.17, 15) is 14.0 Å². The highest BCUT2D eigenvalue weighted by molar-refractivity contribution is 5.88. The Morgan fingerprint density at radius 2 is 1.54 bits per heavy atom. The topological polar surface area (TPSA) is 77.1 Å². The van der Waals surface area contributed by atoms with Gasteiger partial charge in [-0.3, -0.25) is 9.59 Å². The third-order valence-electron chi connectivity index (χ3n) is 6.96. The van der Waals surface area contributed by atoms with Crippen LogP contribution in [0.25, 0.3) is 0 Å². The first-order valence-electron chi connectivity index (χ1n) is 13.2. The van der Waals surface area contributed by atoms with E-state index in [-0.39, 0.29) is 31.5 Å². The third kappa shape index (κ3) is 7.72. The van der Waals surface area contributed by atoms with Crippen molar-refractivity contribution in [2.24, 2.45) is 0 Å². The molecule has 0 heterocycles. The molecule has 1 unspecified atom stereocenters. The lowest BCUT2D eigenvalue weighted by atomic mass is 10.0. The van der Waals surface area contributed by atoms with Crippen LogP contribution >= 0.6 is 0 Å². The van der Waals surface area contributed by atoms with E-state index in [1.807, 2.05) is 30.3 Å². The van der Waals surface area contributed by atoms with Crippen molar-refractivity contribution in [3.8, 4) is 17.2 Å². The highest BCUT2D eigenvalue weighted by Gasteiger charge is 2.33. The fourth-order valence-corrected chi connectivity index (χ4v) is 4.82. The zero-order valence-corrected chi connectivity index (χ0v) is 22.4. The summed E-state index contributed by atoms with van der Waals surface area (Å²) in [5.74, 6) is 0.265. The number of methoxy groups -OCH3 is 2. The van der Waals surface area contributed by atoms with Gasteiger partial charge in [0.2, 0.25) is 5.91 Å². The predicted octanol–water partition coefficient (Wildman–Crippen LogP) is 4.92. The van der Waals surface area contributed by atoms with Gasteiger partial charge in [0.1, 0.15) is 29.1 Å². The summed E-state index contributed by atoms with van der Waals surface area (Å²) in [6, 6.07) is 20.0. The molecule has 1 aliphatic carbocycles. The summed E-state index contributed by atoms with van der Waals surface area (Å²) < 4.78 is 31.2. The summed E-state index contributed by atoms with van der Waals surface area (Å²) in [5, 5.41) is 3.14. The average Bonchev–Trinajstić information content (AvgIpc) is 3.47. The Balaban J connectivity index is 1.63. The van der Waals surface area contributed by atoms with Gasteiger partial charge in [-0.2, -0.15) is 0 Å². The molecule has 1 fully saturated rings. The number of carbonyl (C=O) groups is 2. The minimum atomic E-state index is -0.858. The summed E-state index contributed by atoms with van der Waals surface area (Å²) in [4.78, 5) is 28.9. The summed E-state index contributed by atoms with van der Waals surface area (Å²) in [6.07, 6.45) is 4.22. The van der Waals surface area contributed by atoms with Gasteiger partial charge in [0, 0.05) is 42.8 Å². The number of nitrogens with one attached hydrogen (secondary N) is 1. The first-order chi connectivity index (χ1) is 19.0. The molecule has 0 saturated heterocycles. The van der Waals surface area contributed by atoms with Crippen molar-refractivity contribution in [1.82, 2.24) is 10.2 Å². The lowest BCUT2D eigenvalue weighted by molar-refractivity contribution is -0.143. The molecule has 0 bridgehead atoms. The van der Waals surface area contributed by atoms with E-state index in [0.717, 1.165) is 31.2 Å². The van der Waals surface area contributed by atoms with Crippen molar-refractivity contribution in [2.45, 2.75) is 50.7 Å². The maximum absolute atomic E-state index is 14.8. The summed E-state index contributed by atoms with van der Waals surface area (Å²) in [6.45, 7) is -0.432. The molecule has 4 rings (SSSR count). The lowest BCUT2D eigenvalue weighted by Crippen LogP contribution is -2.53. The van der Waals surface area contributed by atoms with E-state index < -0.39 is 17.8 Å². The van der Waals surface area contributed by atoms with E-state index in [1.165, 1.54) is 25.2 Å². The standard InChI is InChI=1S/C31H35FN2O5/c1-37-25-17-26(38-2)19-27(18-25)39-21-30(35)34(20-23-12-6-9-15-28(23)32)29(16-22-10-4-3-5-11-22)31(36)33-24-13-7-8-14-24/h3-6,9-12,15,17-19,24,29H,7-8,13-14,16,20-21H2,1-2H3,(H,33,36). The molecule has 3 aromatic rings. The first kappa shape index (κ1) is 28.0. The molecule has 0 aromatic heterocycles. The Labute approximate surface area is 228 Å². The van der Waals surface area contributed by atoms with Gasteiger partial charge in [-0.25, -0.2) is 4.39 Å². The van der Waals surface area contributed by atoms with Gasteiger partial charge >= 0.3 is 0 Å². The monoisotopic (exact) mass is 534 g/mol. The number of benzene rings is 3. The molecule has 1 atom stereocenters. The zero-order valence-electron chi connectivity index (χ0n) is 22.4. The van der Waals surface area contributed by atoms with Crippen LogP contribution in [0.5, 0.6) is 17.2 Å². The molecule has 0 aliphatic heterocycles. The molecule has 8 heteroatoms. The second-order valence-corrected chi connectivity index (χ2v) is 9.65. The van der Waals surface area contributed by atoms with Gasteiger partial charge in [-0.1, -0.05) is 61.4 Å². The fourth-order valence-electron chi connectivity index (χ4n) is 4.82. The molecular formula is C31H35FN2O5. The summed E-state index contributed by atoms with van der Waals surface area (Å²) in [7, 11) is 3.05. The Bertz CT molecular complexity index is 1220. The third-order valence-corrected chi connectivity index (χ3v) is 6.96. The molecule has 1 aliphatic rings. The predicted molar refractivity (Wildman–Crippen MR) is 146 cm³/mol. The fraction of sp³-hybridized carbons (Fsp3) is 0.355. The molecule has 39 heavy (non-hydrogen) atoms. The molecule has 206 valence electrons. The van der Waals surface area contributed by atoms with E-state index in [1.54, 1.807) is 36.4 Å². The van der Waals surface area contributed by atoms with Gasteiger partial charge in [-0.15, -0.1) is 0 Å². The largest absolute Gasteiger partial charge is 0.496 e.